The Bertz CT molecular complexity index is 686. The maximum Gasteiger partial charge on any atom is 0.322 e. The second-order valence-electron chi connectivity index (χ2n) is 5.13. The maximum atomic E-state index is 12.7. The average molecular weight is 313 g/mol. The Kier molecular flexibility index (Phi) is 3.29. The van der Waals surface area contributed by atoms with Gasteiger partial charge in [0.1, 0.15) is 6.04 Å². The minimum absolute atomic E-state index is 0.0201. The van der Waals surface area contributed by atoms with E-state index in [2.05, 4.69) is 0 Å². The van der Waals surface area contributed by atoms with Crippen LogP contribution in [0.5, 0.6) is 11.5 Å². The Labute approximate surface area is 122 Å². The van der Waals surface area contributed by atoms with Crippen molar-refractivity contribution in [2.24, 2.45) is 0 Å². The van der Waals surface area contributed by atoms with E-state index in [4.69, 9.17) is 9.47 Å². The maximum absolute atomic E-state index is 12.7. The highest BCUT2D eigenvalue weighted by Crippen LogP contribution is 2.37. The topological polar surface area (TPSA) is 93.1 Å². The molecule has 0 bridgehead atoms. The van der Waals surface area contributed by atoms with Crippen molar-refractivity contribution in [1.82, 2.24) is 4.31 Å². The van der Waals surface area contributed by atoms with Crippen molar-refractivity contribution >= 4 is 16.0 Å². The van der Waals surface area contributed by atoms with Crippen LogP contribution < -0.4 is 9.47 Å². The Morgan fingerprint density at radius 1 is 1.29 bits per heavy atom. The third-order valence-corrected chi connectivity index (χ3v) is 5.82. The molecule has 2 aliphatic heterocycles. The number of rotatable bonds is 3. The number of carboxylic acids is 1. The van der Waals surface area contributed by atoms with E-state index in [-0.39, 0.29) is 17.7 Å². The molecule has 0 amide bonds. The molecule has 2 heterocycles. The van der Waals surface area contributed by atoms with Gasteiger partial charge < -0.3 is 14.6 Å². The lowest BCUT2D eigenvalue weighted by Crippen LogP contribution is -2.43. The molecule has 1 N–H and O–H groups in total. The lowest BCUT2D eigenvalue weighted by Gasteiger charge is -2.25. The van der Waals surface area contributed by atoms with Crippen molar-refractivity contribution in [1.29, 1.82) is 0 Å². The van der Waals surface area contributed by atoms with Gasteiger partial charge in [0.15, 0.2) is 11.5 Å². The zero-order chi connectivity index (χ0) is 15.2. The fraction of sp³-hybridized carbons (Fsp3) is 0.462. The van der Waals surface area contributed by atoms with Gasteiger partial charge in [-0.2, -0.15) is 4.31 Å². The summed E-state index contributed by atoms with van der Waals surface area (Å²) >= 11 is 0. The molecule has 8 heteroatoms. The average Bonchev–Trinajstić information content (AvgIpc) is 3.03. The molecule has 3 rings (SSSR count). The van der Waals surface area contributed by atoms with Crippen LogP contribution in [-0.4, -0.2) is 42.7 Å². The van der Waals surface area contributed by atoms with E-state index in [0.717, 1.165) is 4.31 Å². The zero-order valence-corrected chi connectivity index (χ0v) is 12.2. The molecule has 0 aromatic heterocycles. The third kappa shape index (κ3) is 2.24. The van der Waals surface area contributed by atoms with Gasteiger partial charge in [-0.15, -0.1) is 0 Å². The number of fused-ring (bicyclic) bond motifs is 1. The van der Waals surface area contributed by atoms with E-state index in [1.54, 1.807) is 6.92 Å². The second-order valence-corrected chi connectivity index (χ2v) is 6.97. The summed E-state index contributed by atoms with van der Waals surface area (Å²) in [7, 11) is -3.89. The van der Waals surface area contributed by atoms with Crippen molar-refractivity contribution in [2.75, 3.05) is 6.79 Å². The summed E-state index contributed by atoms with van der Waals surface area (Å²) in [6, 6.07) is 2.94. The molecule has 1 aromatic carbocycles. The fourth-order valence-corrected chi connectivity index (χ4v) is 4.61. The van der Waals surface area contributed by atoms with Crippen LogP contribution in [0.2, 0.25) is 0 Å². The normalized spacial score (nSPS) is 25.2. The molecule has 1 fully saturated rings. The van der Waals surface area contributed by atoms with Gasteiger partial charge in [0.05, 0.1) is 4.90 Å². The number of nitrogens with zero attached hydrogens (tertiary/aromatic N) is 1. The number of benzene rings is 1. The van der Waals surface area contributed by atoms with Gasteiger partial charge in [0.25, 0.3) is 0 Å². The highest BCUT2D eigenvalue weighted by atomic mass is 32.2. The summed E-state index contributed by atoms with van der Waals surface area (Å²) in [5.74, 6) is -0.281. The molecule has 0 aliphatic carbocycles. The van der Waals surface area contributed by atoms with Gasteiger partial charge in [-0.3, -0.25) is 4.79 Å². The van der Waals surface area contributed by atoms with Crippen LogP contribution in [0.4, 0.5) is 0 Å². The summed E-state index contributed by atoms with van der Waals surface area (Å²) in [5.41, 5.74) is 0. The summed E-state index contributed by atoms with van der Waals surface area (Å²) in [5, 5.41) is 9.22. The number of sulfonamides is 1. The second kappa shape index (κ2) is 4.88. The van der Waals surface area contributed by atoms with Crippen LogP contribution in [0.1, 0.15) is 19.8 Å². The number of aliphatic carboxylic acids is 1. The van der Waals surface area contributed by atoms with E-state index in [1.165, 1.54) is 18.2 Å². The number of hydrogen-bond donors (Lipinski definition) is 1. The first-order chi connectivity index (χ1) is 9.91. The van der Waals surface area contributed by atoms with Crippen LogP contribution in [-0.2, 0) is 14.8 Å². The minimum Gasteiger partial charge on any atom is -0.480 e. The number of ether oxygens (including phenoxy) is 2. The molecule has 0 saturated carbocycles. The molecule has 2 atom stereocenters. The molecule has 1 aromatic rings. The summed E-state index contributed by atoms with van der Waals surface area (Å²) in [6.45, 7) is 1.77. The molecule has 21 heavy (non-hydrogen) atoms. The van der Waals surface area contributed by atoms with E-state index in [0.29, 0.717) is 24.3 Å². The minimum atomic E-state index is -3.89. The van der Waals surface area contributed by atoms with Gasteiger partial charge in [0.2, 0.25) is 16.8 Å². The van der Waals surface area contributed by atoms with Crippen molar-refractivity contribution in [2.45, 2.75) is 36.7 Å². The van der Waals surface area contributed by atoms with E-state index in [1.807, 2.05) is 0 Å². The standard InChI is InChI=1S/C13H15NO6S/c1-8-2-4-10(13(15)16)14(8)21(17,18)9-3-5-11-12(6-9)20-7-19-11/h3,5-6,8,10H,2,4,7H2,1H3,(H,15,16)/t8-,10-/m0/s1. The van der Waals surface area contributed by atoms with Gasteiger partial charge in [0, 0.05) is 12.1 Å². The summed E-state index contributed by atoms with van der Waals surface area (Å²) in [4.78, 5) is 11.3. The van der Waals surface area contributed by atoms with Gasteiger partial charge in [-0.1, -0.05) is 0 Å². The quantitative estimate of drug-likeness (QED) is 0.896. The number of hydrogen-bond acceptors (Lipinski definition) is 5. The van der Waals surface area contributed by atoms with Gasteiger partial charge in [-0.25, -0.2) is 8.42 Å². The molecule has 0 radical (unpaired) electrons. The lowest BCUT2D eigenvalue weighted by molar-refractivity contribution is -0.140. The number of carbonyl (C=O) groups is 1. The van der Waals surface area contributed by atoms with Crippen LogP contribution >= 0.6 is 0 Å². The Morgan fingerprint density at radius 2 is 2.00 bits per heavy atom. The summed E-state index contributed by atoms with van der Waals surface area (Å²) < 4.78 is 36.9. The van der Waals surface area contributed by atoms with Crippen LogP contribution in [0.25, 0.3) is 0 Å². The monoisotopic (exact) mass is 313 g/mol. The molecular formula is C13H15NO6S. The molecule has 2 aliphatic rings. The predicted octanol–water partition coefficient (Wildman–Crippen LogP) is 1.04. The summed E-state index contributed by atoms with van der Waals surface area (Å²) in [6.07, 6.45) is 0.848. The molecule has 7 nitrogen and oxygen atoms in total. The van der Waals surface area contributed by atoms with E-state index in [9.17, 15) is 18.3 Å². The SMILES string of the molecule is C[C@H]1CC[C@@H](C(=O)O)N1S(=O)(=O)c1ccc2c(c1)OCO2. The van der Waals surface area contributed by atoms with E-state index < -0.39 is 22.0 Å². The first-order valence-electron chi connectivity index (χ1n) is 6.57. The van der Waals surface area contributed by atoms with E-state index >= 15 is 0 Å². The Hall–Kier alpha value is -1.80. The molecule has 114 valence electrons. The van der Waals surface area contributed by atoms with Crippen LogP contribution in [0.15, 0.2) is 23.1 Å². The van der Waals surface area contributed by atoms with Crippen molar-refractivity contribution in [3.05, 3.63) is 18.2 Å². The number of carboxylic acid groups (broad SMARTS) is 1. The molecule has 0 unspecified atom stereocenters. The highest BCUT2D eigenvalue weighted by Gasteiger charge is 2.44. The van der Waals surface area contributed by atoms with Crippen molar-refractivity contribution < 1.29 is 27.8 Å². The smallest absolute Gasteiger partial charge is 0.322 e. The highest BCUT2D eigenvalue weighted by molar-refractivity contribution is 7.89. The first-order valence-corrected chi connectivity index (χ1v) is 8.01. The van der Waals surface area contributed by atoms with Gasteiger partial charge in [-0.05, 0) is 31.9 Å². The van der Waals surface area contributed by atoms with Crippen LogP contribution in [0, 0.1) is 0 Å². The van der Waals surface area contributed by atoms with Crippen molar-refractivity contribution in [3.8, 4) is 11.5 Å². The Balaban J connectivity index is 2.01. The van der Waals surface area contributed by atoms with Crippen molar-refractivity contribution in [3.63, 3.8) is 0 Å². The van der Waals surface area contributed by atoms with Crippen LogP contribution in [0.3, 0.4) is 0 Å². The lowest BCUT2D eigenvalue weighted by atomic mass is 10.2. The largest absolute Gasteiger partial charge is 0.480 e. The van der Waals surface area contributed by atoms with Gasteiger partial charge >= 0.3 is 5.97 Å². The fourth-order valence-electron chi connectivity index (χ4n) is 2.76. The molecular weight excluding hydrogens is 298 g/mol. The predicted molar refractivity (Wildman–Crippen MR) is 71.7 cm³/mol. The molecule has 1 saturated heterocycles. The first kappa shape index (κ1) is 14.2. The zero-order valence-electron chi connectivity index (χ0n) is 11.4. The third-order valence-electron chi connectivity index (χ3n) is 3.80. The Morgan fingerprint density at radius 3 is 2.71 bits per heavy atom. The molecule has 0 spiro atoms.